The Bertz CT molecular complexity index is 1490. The molecule has 4 rings (SSSR count). The lowest BCUT2D eigenvalue weighted by Gasteiger charge is -2.33. The normalized spacial score (nSPS) is 18.7. The Labute approximate surface area is 218 Å². The van der Waals surface area contributed by atoms with E-state index in [0.717, 1.165) is 16.9 Å². The standard InChI is InChI=1S/C26H28F4N4O3S/c1-33-12-10-22(20(27)15-33)32-21-6-3-7-24-19(21)13-17(34(24)16-26(28,29)30)5-4-11-31-23-9-8-18(14-25(23)35)38(2,36)37/h3,6-9,13-14,20,22,31-32,35H,10-12,15-16H2,1-2H3/t20-,22+/m0/s1. The summed E-state index contributed by atoms with van der Waals surface area (Å²) in [6, 6.07) is 9.82. The van der Waals surface area contributed by atoms with Crippen LogP contribution in [0.1, 0.15) is 12.1 Å². The van der Waals surface area contributed by atoms with Gasteiger partial charge in [-0.1, -0.05) is 12.0 Å². The van der Waals surface area contributed by atoms with Gasteiger partial charge in [0.05, 0.1) is 34.4 Å². The molecule has 0 spiro atoms. The number of hydrogen-bond donors (Lipinski definition) is 3. The smallest absolute Gasteiger partial charge is 0.406 e. The lowest BCUT2D eigenvalue weighted by atomic mass is 10.0. The van der Waals surface area contributed by atoms with Gasteiger partial charge in [-0.15, -0.1) is 0 Å². The second-order valence-electron chi connectivity index (χ2n) is 9.39. The summed E-state index contributed by atoms with van der Waals surface area (Å²) in [6.45, 7) is -0.285. The summed E-state index contributed by atoms with van der Waals surface area (Å²) in [5, 5.41) is 16.6. The molecule has 1 aliphatic rings. The first-order valence-corrected chi connectivity index (χ1v) is 13.7. The number of nitrogens with zero attached hydrogens (tertiary/aromatic N) is 2. The van der Waals surface area contributed by atoms with Crippen molar-refractivity contribution < 1.29 is 31.1 Å². The maximum Gasteiger partial charge on any atom is 0.406 e. The molecular formula is C26H28F4N4O3S. The van der Waals surface area contributed by atoms with Gasteiger partial charge in [-0.3, -0.25) is 0 Å². The van der Waals surface area contributed by atoms with Crippen molar-refractivity contribution >= 4 is 32.1 Å². The van der Waals surface area contributed by atoms with Crippen LogP contribution in [0.4, 0.5) is 28.9 Å². The van der Waals surface area contributed by atoms with E-state index in [9.17, 15) is 31.1 Å². The van der Waals surface area contributed by atoms with Crippen LogP contribution in [0.3, 0.4) is 0 Å². The van der Waals surface area contributed by atoms with Crippen LogP contribution in [0.5, 0.6) is 5.75 Å². The van der Waals surface area contributed by atoms with Gasteiger partial charge in [0.1, 0.15) is 18.5 Å². The Balaban J connectivity index is 1.60. The molecule has 2 heterocycles. The topological polar surface area (TPSA) is 86.6 Å². The van der Waals surface area contributed by atoms with E-state index in [2.05, 4.69) is 22.5 Å². The number of fused-ring (bicyclic) bond motifs is 1. The number of likely N-dealkylation sites (tertiary alicyclic amines) is 1. The summed E-state index contributed by atoms with van der Waals surface area (Å²) < 4.78 is 79.2. The van der Waals surface area contributed by atoms with Crippen LogP contribution in [0.15, 0.2) is 47.4 Å². The molecule has 12 heteroatoms. The summed E-state index contributed by atoms with van der Waals surface area (Å²) in [6.07, 6.45) is -4.03. The summed E-state index contributed by atoms with van der Waals surface area (Å²) in [5.74, 6) is 5.22. The second kappa shape index (κ2) is 10.7. The van der Waals surface area contributed by atoms with Crippen LogP contribution < -0.4 is 10.6 Å². The Kier molecular flexibility index (Phi) is 7.80. The number of halogens is 4. The number of nitrogens with one attached hydrogen (secondary N) is 2. The molecule has 2 atom stereocenters. The molecule has 0 unspecified atom stereocenters. The van der Waals surface area contributed by atoms with E-state index in [-0.39, 0.29) is 35.1 Å². The number of anilines is 2. The van der Waals surface area contributed by atoms with Gasteiger partial charge in [-0.05, 0) is 49.7 Å². The molecule has 204 valence electrons. The minimum Gasteiger partial charge on any atom is -0.506 e. The van der Waals surface area contributed by atoms with E-state index in [1.165, 1.54) is 12.1 Å². The van der Waals surface area contributed by atoms with Crippen LogP contribution in [-0.4, -0.2) is 74.3 Å². The number of aromatic hydroxyl groups is 1. The molecule has 7 nitrogen and oxygen atoms in total. The molecule has 3 N–H and O–H groups in total. The fourth-order valence-corrected chi connectivity index (χ4v) is 5.09. The SMILES string of the molecule is CN1CC[C@@H](Nc2cccc3c2cc(C#CCNc2ccc(S(C)(=O)=O)cc2O)n3CC(F)(F)F)[C@@H](F)C1. The summed E-state index contributed by atoms with van der Waals surface area (Å²) in [4.78, 5) is 1.84. The van der Waals surface area contributed by atoms with Crippen LogP contribution >= 0.6 is 0 Å². The van der Waals surface area contributed by atoms with Crippen molar-refractivity contribution in [1.29, 1.82) is 0 Å². The third-order valence-corrected chi connectivity index (χ3v) is 7.46. The predicted octanol–water partition coefficient (Wildman–Crippen LogP) is 4.23. The number of aromatic nitrogens is 1. The molecular weight excluding hydrogens is 524 g/mol. The molecule has 1 aromatic heterocycles. The molecule has 0 aliphatic carbocycles. The van der Waals surface area contributed by atoms with Crippen molar-refractivity contribution in [3.05, 3.63) is 48.2 Å². The van der Waals surface area contributed by atoms with Crippen molar-refractivity contribution in [2.75, 3.05) is 43.6 Å². The molecule has 0 bridgehead atoms. The first-order valence-electron chi connectivity index (χ1n) is 11.9. The Morgan fingerprint density at radius 1 is 1.16 bits per heavy atom. The van der Waals surface area contributed by atoms with Gasteiger partial charge in [-0.25, -0.2) is 12.8 Å². The summed E-state index contributed by atoms with van der Waals surface area (Å²) in [5.41, 5.74) is 1.22. The molecule has 0 radical (unpaired) electrons. The lowest BCUT2D eigenvalue weighted by Crippen LogP contribution is -2.46. The highest BCUT2D eigenvalue weighted by atomic mass is 32.2. The average Bonchev–Trinajstić information content (AvgIpc) is 3.15. The predicted molar refractivity (Wildman–Crippen MR) is 139 cm³/mol. The zero-order valence-electron chi connectivity index (χ0n) is 20.8. The largest absolute Gasteiger partial charge is 0.506 e. The van der Waals surface area contributed by atoms with E-state index in [4.69, 9.17) is 0 Å². The maximum absolute atomic E-state index is 14.6. The second-order valence-corrected chi connectivity index (χ2v) is 11.4. The molecule has 0 amide bonds. The average molecular weight is 553 g/mol. The lowest BCUT2D eigenvalue weighted by molar-refractivity contribution is -0.140. The zero-order valence-corrected chi connectivity index (χ0v) is 21.6. The van der Waals surface area contributed by atoms with E-state index in [1.54, 1.807) is 24.3 Å². The fraction of sp³-hybridized carbons (Fsp3) is 0.385. The van der Waals surface area contributed by atoms with E-state index >= 15 is 0 Å². The molecule has 0 saturated carbocycles. The van der Waals surface area contributed by atoms with Crippen LogP contribution in [0.2, 0.25) is 0 Å². The monoisotopic (exact) mass is 552 g/mol. The van der Waals surface area contributed by atoms with Gasteiger partial charge >= 0.3 is 6.18 Å². The maximum atomic E-state index is 14.6. The van der Waals surface area contributed by atoms with Gasteiger partial charge in [-0.2, -0.15) is 13.2 Å². The van der Waals surface area contributed by atoms with Gasteiger partial charge in [0.2, 0.25) is 0 Å². The highest BCUT2D eigenvalue weighted by molar-refractivity contribution is 7.90. The van der Waals surface area contributed by atoms with Crippen molar-refractivity contribution in [1.82, 2.24) is 9.47 Å². The van der Waals surface area contributed by atoms with E-state index in [1.807, 2.05) is 11.9 Å². The molecule has 1 saturated heterocycles. The number of phenolic OH excluding ortho intramolecular Hbond substituents is 1. The third-order valence-electron chi connectivity index (χ3n) is 6.35. The van der Waals surface area contributed by atoms with Crippen molar-refractivity contribution in [3.63, 3.8) is 0 Å². The first-order chi connectivity index (χ1) is 17.8. The molecule has 3 aromatic rings. The number of piperidine rings is 1. The van der Waals surface area contributed by atoms with Gasteiger partial charge < -0.3 is 25.2 Å². The number of phenols is 1. The Morgan fingerprint density at radius 3 is 2.58 bits per heavy atom. The molecule has 1 aliphatic heterocycles. The quantitative estimate of drug-likeness (QED) is 0.241. The van der Waals surface area contributed by atoms with Gasteiger partial charge in [0.15, 0.2) is 9.84 Å². The van der Waals surface area contributed by atoms with Crippen LogP contribution in [0.25, 0.3) is 10.9 Å². The summed E-state index contributed by atoms with van der Waals surface area (Å²) in [7, 11) is -1.65. The van der Waals surface area contributed by atoms with E-state index < -0.39 is 34.8 Å². The Morgan fingerprint density at radius 2 is 1.92 bits per heavy atom. The Hall–Kier alpha value is -3.43. The summed E-state index contributed by atoms with van der Waals surface area (Å²) >= 11 is 0. The molecule has 2 aromatic carbocycles. The first kappa shape index (κ1) is 27.6. The number of benzene rings is 2. The van der Waals surface area contributed by atoms with Crippen LogP contribution in [-0.2, 0) is 16.4 Å². The van der Waals surface area contributed by atoms with Crippen molar-refractivity contribution in [3.8, 4) is 17.6 Å². The minimum absolute atomic E-state index is 0.0243. The van der Waals surface area contributed by atoms with Crippen molar-refractivity contribution in [2.24, 2.45) is 0 Å². The minimum atomic E-state index is -4.49. The number of alkyl halides is 4. The van der Waals surface area contributed by atoms with Crippen molar-refractivity contribution in [2.45, 2.75) is 36.3 Å². The molecule has 38 heavy (non-hydrogen) atoms. The van der Waals surface area contributed by atoms with Gasteiger partial charge in [0.25, 0.3) is 0 Å². The number of rotatable bonds is 6. The van der Waals surface area contributed by atoms with Crippen LogP contribution in [0, 0.1) is 11.8 Å². The highest BCUT2D eigenvalue weighted by Gasteiger charge is 2.31. The van der Waals surface area contributed by atoms with Gasteiger partial charge in [0, 0.05) is 36.5 Å². The highest BCUT2D eigenvalue weighted by Crippen LogP contribution is 2.32. The number of hydrogen-bond acceptors (Lipinski definition) is 6. The molecule has 1 fully saturated rings. The third kappa shape index (κ3) is 6.52. The number of sulfone groups is 1. The van der Waals surface area contributed by atoms with E-state index in [0.29, 0.717) is 29.6 Å². The zero-order chi connectivity index (χ0) is 27.7. The fourth-order valence-electron chi connectivity index (χ4n) is 4.45.